The molecule has 1 aliphatic heterocycles. The zero-order valence-corrected chi connectivity index (χ0v) is 16.3. The highest BCUT2D eigenvalue weighted by atomic mass is 16.5. The molecule has 0 aromatic carbocycles. The van der Waals surface area contributed by atoms with Crippen LogP contribution in [0.15, 0.2) is 31.8 Å². The molecule has 1 saturated heterocycles. The van der Waals surface area contributed by atoms with E-state index in [0.717, 1.165) is 17.0 Å². The maximum absolute atomic E-state index is 12.6. The van der Waals surface area contributed by atoms with Gasteiger partial charge < -0.3 is 23.2 Å². The zero-order valence-electron chi connectivity index (χ0n) is 16.3. The Bertz CT molecular complexity index is 1020. The number of carbonyl (C=O) groups is 1. The standard InChI is InChI=1S/C20H21N5O4/c1-13-15(14(2)29-23-13)5-6-18(26)24-7-9-25(10-8-24)20-16(12-21)22-19(28-20)17-4-3-11-27-17/h3-4,11H,5-10H2,1-2H3. The molecule has 150 valence electrons. The van der Waals surface area contributed by atoms with Gasteiger partial charge in [-0.05, 0) is 32.4 Å². The van der Waals surface area contributed by atoms with Gasteiger partial charge in [0.2, 0.25) is 17.5 Å². The topological polar surface area (TPSA) is 113 Å². The van der Waals surface area contributed by atoms with Gasteiger partial charge in [0.15, 0.2) is 5.76 Å². The third kappa shape index (κ3) is 3.74. The summed E-state index contributed by atoms with van der Waals surface area (Å²) in [4.78, 5) is 20.6. The molecular formula is C20H21N5O4. The first kappa shape index (κ1) is 18.8. The third-order valence-corrected chi connectivity index (χ3v) is 5.14. The van der Waals surface area contributed by atoms with Crippen LogP contribution in [0.5, 0.6) is 0 Å². The van der Waals surface area contributed by atoms with Crippen molar-refractivity contribution in [1.82, 2.24) is 15.0 Å². The molecule has 3 aromatic rings. The summed E-state index contributed by atoms with van der Waals surface area (Å²) < 4.78 is 16.2. The Hall–Kier alpha value is -3.54. The van der Waals surface area contributed by atoms with Gasteiger partial charge >= 0.3 is 0 Å². The lowest BCUT2D eigenvalue weighted by Gasteiger charge is -2.34. The highest BCUT2D eigenvalue weighted by Gasteiger charge is 2.27. The molecule has 9 heteroatoms. The highest BCUT2D eigenvalue weighted by Crippen LogP contribution is 2.29. The minimum absolute atomic E-state index is 0.0963. The number of nitriles is 1. The Morgan fingerprint density at radius 1 is 1.28 bits per heavy atom. The van der Waals surface area contributed by atoms with Crippen LogP contribution >= 0.6 is 0 Å². The number of piperazine rings is 1. The van der Waals surface area contributed by atoms with E-state index in [0.29, 0.717) is 50.7 Å². The molecule has 1 aliphatic rings. The Labute approximate surface area is 167 Å². The lowest BCUT2D eigenvalue weighted by atomic mass is 10.1. The number of aromatic nitrogens is 2. The van der Waals surface area contributed by atoms with Gasteiger partial charge in [-0.1, -0.05) is 5.16 Å². The van der Waals surface area contributed by atoms with Gasteiger partial charge in [0, 0.05) is 38.2 Å². The van der Waals surface area contributed by atoms with Crippen LogP contribution < -0.4 is 4.90 Å². The number of aryl methyl sites for hydroxylation is 2. The summed E-state index contributed by atoms with van der Waals surface area (Å²) in [6, 6.07) is 5.53. The average molecular weight is 395 g/mol. The predicted octanol–water partition coefficient (Wildman–Crippen LogP) is 2.69. The van der Waals surface area contributed by atoms with E-state index in [1.807, 2.05) is 23.6 Å². The molecule has 0 radical (unpaired) electrons. The molecule has 4 heterocycles. The van der Waals surface area contributed by atoms with Crippen LogP contribution in [0.4, 0.5) is 5.88 Å². The zero-order chi connectivity index (χ0) is 20.4. The molecule has 0 unspecified atom stereocenters. The molecule has 0 spiro atoms. The fourth-order valence-corrected chi connectivity index (χ4v) is 3.51. The number of furan rings is 1. The fourth-order valence-electron chi connectivity index (χ4n) is 3.51. The van der Waals surface area contributed by atoms with Gasteiger partial charge in [-0.3, -0.25) is 4.79 Å². The number of oxazole rings is 1. The molecule has 1 fully saturated rings. The van der Waals surface area contributed by atoms with Gasteiger partial charge in [-0.15, -0.1) is 0 Å². The molecule has 0 aliphatic carbocycles. The molecule has 0 saturated carbocycles. The summed E-state index contributed by atoms with van der Waals surface area (Å²) >= 11 is 0. The van der Waals surface area contributed by atoms with Crippen molar-refractivity contribution < 1.29 is 18.2 Å². The summed E-state index contributed by atoms with van der Waals surface area (Å²) in [6.45, 7) is 6.00. The summed E-state index contributed by atoms with van der Waals surface area (Å²) in [5, 5.41) is 13.3. The summed E-state index contributed by atoms with van der Waals surface area (Å²) in [7, 11) is 0. The molecular weight excluding hydrogens is 374 g/mol. The van der Waals surface area contributed by atoms with Gasteiger partial charge in [-0.25, -0.2) is 0 Å². The van der Waals surface area contributed by atoms with Crippen molar-refractivity contribution in [1.29, 1.82) is 5.26 Å². The Morgan fingerprint density at radius 3 is 2.69 bits per heavy atom. The molecule has 1 amide bonds. The van der Waals surface area contributed by atoms with Crippen LogP contribution in [0.3, 0.4) is 0 Å². The van der Waals surface area contributed by atoms with Crippen molar-refractivity contribution in [3.8, 4) is 17.7 Å². The molecule has 4 rings (SSSR count). The van der Waals surface area contributed by atoms with Crippen molar-refractivity contribution in [3.63, 3.8) is 0 Å². The first-order chi connectivity index (χ1) is 14.1. The lowest BCUT2D eigenvalue weighted by molar-refractivity contribution is -0.131. The third-order valence-electron chi connectivity index (χ3n) is 5.14. The Morgan fingerprint density at radius 2 is 2.07 bits per heavy atom. The van der Waals surface area contributed by atoms with E-state index >= 15 is 0 Å². The second kappa shape index (κ2) is 7.83. The van der Waals surface area contributed by atoms with Crippen molar-refractivity contribution in [2.45, 2.75) is 26.7 Å². The van der Waals surface area contributed by atoms with E-state index in [2.05, 4.69) is 16.2 Å². The van der Waals surface area contributed by atoms with E-state index in [-0.39, 0.29) is 17.5 Å². The molecule has 0 N–H and O–H groups in total. The average Bonchev–Trinajstić information content (AvgIpc) is 3.47. The number of carbonyl (C=O) groups excluding carboxylic acids is 1. The molecule has 29 heavy (non-hydrogen) atoms. The fraction of sp³-hybridized carbons (Fsp3) is 0.400. The van der Waals surface area contributed by atoms with Crippen molar-refractivity contribution >= 4 is 11.8 Å². The first-order valence-electron chi connectivity index (χ1n) is 9.46. The second-order valence-electron chi connectivity index (χ2n) is 6.93. The molecule has 0 bridgehead atoms. The van der Waals surface area contributed by atoms with Gasteiger partial charge in [0.25, 0.3) is 5.89 Å². The minimum atomic E-state index is 0.0963. The van der Waals surface area contributed by atoms with E-state index in [4.69, 9.17) is 13.4 Å². The number of hydrogen-bond acceptors (Lipinski definition) is 8. The van der Waals surface area contributed by atoms with Crippen molar-refractivity contribution in [2.24, 2.45) is 0 Å². The number of amides is 1. The second-order valence-corrected chi connectivity index (χ2v) is 6.93. The van der Waals surface area contributed by atoms with E-state index in [9.17, 15) is 10.1 Å². The monoisotopic (exact) mass is 395 g/mol. The van der Waals surface area contributed by atoms with E-state index in [1.54, 1.807) is 12.1 Å². The Kier molecular flexibility index (Phi) is 5.08. The quantitative estimate of drug-likeness (QED) is 0.648. The van der Waals surface area contributed by atoms with Crippen molar-refractivity contribution in [3.05, 3.63) is 41.1 Å². The van der Waals surface area contributed by atoms with E-state index in [1.165, 1.54) is 6.26 Å². The van der Waals surface area contributed by atoms with Crippen LogP contribution in [0, 0.1) is 25.2 Å². The van der Waals surface area contributed by atoms with Crippen LogP contribution in [0.1, 0.15) is 29.1 Å². The number of rotatable bonds is 5. The molecule has 9 nitrogen and oxygen atoms in total. The van der Waals surface area contributed by atoms with Gasteiger partial charge in [0.05, 0.1) is 12.0 Å². The summed E-state index contributed by atoms with van der Waals surface area (Å²) in [5.74, 6) is 2.03. The Balaban J connectivity index is 1.37. The molecule has 0 atom stereocenters. The predicted molar refractivity (Wildman–Crippen MR) is 102 cm³/mol. The van der Waals surface area contributed by atoms with Crippen LogP contribution in [-0.2, 0) is 11.2 Å². The molecule has 3 aromatic heterocycles. The number of anilines is 1. The van der Waals surface area contributed by atoms with Crippen LogP contribution in [0.25, 0.3) is 11.7 Å². The number of hydrogen-bond donors (Lipinski definition) is 0. The SMILES string of the molecule is Cc1noc(C)c1CCC(=O)N1CCN(c2oc(-c3ccco3)nc2C#N)CC1. The largest absolute Gasteiger partial charge is 0.459 e. The van der Waals surface area contributed by atoms with Crippen molar-refractivity contribution in [2.75, 3.05) is 31.1 Å². The number of nitrogens with zero attached hydrogens (tertiary/aromatic N) is 5. The smallest absolute Gasteiger partial charge is 0.266 e. The maximum Gasteiger partial charge on any atom is 0.266 e. The summed E-state index contributed by atoms with van der Waals surface area (Å²) in [6.07, 6.45) is 2.56. The highest BCUT2D eigenvalue weighted by molar-refractivity contribution is 5.77. The van der Waals surface area contributed by atoms with Gasteiger partial charge in [-0.2, -0.15) is 10.2 Å². The lowest BCUT2D eigenvalue weighted by Crippen LogP contribution is -2.49. The van der Waals surface area contributed by atoms with E-state index < -0.39 is 0 Å². The van der Waals surface area contributed by atoms with Crippen LogP contribution in [-0.4, -0.2) is 47.1 Å². The minimum Gasteiger partial charge on any atom is -0.459 e. The first-order valence-corrected chi connectivity index (χ1v) is 9.46. The normalized spacial score (nSPS) is 14.2. The van der Waals surface area contributed by atoms with Gasteiger partial charge in [0.1, 0.15) is 11.8 Å². The maximum atomic E-state index is 12.6. The summed E-state index contributed by atoms with van der Waals surface area (Å²) in [5.41, 5.74) is 2.05. The van der Waals surface area contributed by atoms with Crippen LogP contribution in [0.2, 0.25) is 0 Å².